The van der Waals surface area contributed by atoms with Crippen LogP contribution in [0.15, 0.2) is 18.3 Å². The maximum atomic E-state index is 10.1. The van der Waals surface area contributed by atoms with Gasteiger partial charge >= 0.3 is 0 Å². The predicted octanol–water partition coefficient (Wildman–Crippen LogP) is -1.21. The number of β-amino-alcohol motifs (C(OH)–C–C–N with tert-alkyl or cyclic N) is 1. The molecule has 2 heterocycles. The molecule has 0 aromatic carbocycles. The largest absolute Gasteiger partial charge is 0.395 e. The summed E-state index contributed by atoms with van der Waals surface area (Å²) < 4.78 is 0. The van der Waals surface area contributed by atoms with Crippen molar-refractivity contribution in [1.82, 2.24) is 9.88 Å². The first-order valence-corrected chi connectivity index (χ1v) is 6.93. The number of nitriles is 1. The first kappa shape index (κ1) is 15.7. The fourth-order valence-electron chi connectivity index (χ4n) is 2.50. The highest BCUT2D eigenvalue weighted by molar-refractivity contribution is 5.45. The molecule has 7 nitrogen and oxygen atoms in total. The number of hydrogen-bond acceptors (Lipinski definition) is 7. The van der Waals surface area contributed by atoms with Crippen LogP contribution in [0.2, 0.25) is 0 Å². The minimum absolute atomic E-state index is 0.147. The second-order valence-electron chi connectivity index (χ2n) is 5.13. The Morgan fingerprint density at radius 3 is 2.76 bits per heavy atom. The van der Waals surface area contributed by atoms with E-state index in [0.717, 1.165) is 0 Å². The minimum Gasteiger partial charge on any atom is -0.395 e. The Morgan fingerprint density at radius 1 is 1.33 bits per heavy atom. The highest BCUT2D eigenvalue weighted by Gasteiger charge is 2.26. The summed E-state index contributed by atoms with van der Waals surface area (Å²) in [5.74, 6) is 0.652. The van der Waals surface area contributed by atoms with Gasteiger partial charge in [0.2, 0.25) is 0 Å². The Bertz CT molecular complexity index is 501. The lowest BCUT2D eigenvalue weighted by Gasteiger charge is -2.28. The van der Waals surface area contributed by atoms with Crippen LogP contribution in [0, 0.1) is 11.3 Å². The van der Waals surface area contributed by atoms with Gasteiger partial charge in [0.15, 0.2) is 0 Å². The number of pyridine rings is 1. The first-order valence-electron chi connectivity index (χ1n) is 6.93. The summed E-state index contributed by atoms with van der Waals surface area (Å²) in [6, 6.07) is 5.04. The van der Waals surface area contributed by atoms with E-state index in [1.165, 1.54) is 0 Å². The molecule has 114 valence electrons. The molecule has 1 unspecified atom stereocenters. The van der Waals surface area contributed by atoms with Crippen LogP contribution in [0.5, 0.6) is 0 Å². The van der Waals surface area contributed by atoms with Crippen molar-refractivity contribution in [2.75, 3.05) is 44.3 Å². The summed E-state index contributed by atoms with van der Waals surface area (Å²) in [7, 11) is 0. The first-order chi connectivity index (χ1) is 10.2. The van der Waals surface area contributed by atoms with E-state index < -0.39 is 6.10 Å². The summed E-state index contributed by atoms with van der Waals surface area (Å²) in [5, 5.41) is 37.6. The van der Waals surface area contributed by atoms with Crippen LogP contribution in [-0.4, -0.2) is 76.7 Å². The number of aromatic nitrogens is 1. The number of nitrogens with zero attached hydrogens (tertiary/aromatic N) is 4. The zero-order valence-corrected chi connectivity index (χ0v) is 11.8. The van der Waals surface area contributed by atoms with E-state index in [1.54, 1.807) is 18.3 Å². The predicted molar refractivity (Wildman–Crippen MR) is 76.7 cm³/mol. The minimum atomic E-state index is -0.611. The van der Waals surface area contributed by atoms with Gasteiger partial charge in [-0.25, -0.2) is 4.98 Å². The van der Waals surface area contributed by atoms with E-state index in [-0.39, 0.29) is 19.3 Å². The third-order valence-electron chi connectivity index (χ3n) is 3.67. The molecule has 0 radical (unpaired) electrons. The summed E-state index contributed by atoms with van der Waals surface area (Å²) in [6.07, 6.45) is 0.966. The average molecular weight is 292 g/mol. The lowest BCUT2D eigenvalue weighted by atomic mass is 10.2. The topological polar surface area (TPSA) is 104 Å². The quantitative estimate of drug-likeness (QED) is 0.639. The Hall–Kier alpha value is -1.72. The van der Waals surface area contributed by atoms with Crippen LogP contribution in [0.25, 0.3) is 0 Å². The summed E-state index contributed by atoms with van der Waals surface area (Å²) in [5.41, 5.74) is 0.527. The van der Waals surface area contributed by atoms with Crippen molar-refractivity contribution >= 4 is 5.82 Å². The molecule has 21 heavy (non-hydrogen) atoms. The van der Waals surface area contributed by atoms with E-state index in [2.05, 4.69) is 11.1 Å². The molecule has 1 fully saturated rings. The van der Waals surface area contributed by atoms with Gasteiger partial charge in [0.05, 0.1) is 37.0 Å². The highest BCUT2D eigenvalue weighted by atomic mass is 16.3. The second-order valence-corrected chi connectivity index (χ2v) is 5.13. The Morgan fingerprint density at radius 2 is 2.10 bits per heavy atom. The van der Waals surface area contributed by atoms with Crippen LogP contribution in [0.4, 0.5) is 5.82 Å². The van der Waals surface area contributed by atoms with Crippen molar-refractivity contribution in [3.8, 4) is 6.07 Å². The van der Waals surface area contributed by atoms with Gasteiger partial charge in [0, 0.05) is 32.4 Å². The zero-order chi connectivity index (χ0) is 15.2. The van der Waals surface area contributed by atoms with Gasteiger partial charge in [0.25, 0.3) is 0 Å². The number of aliphatic hydroxyl groups is 3. The molecule has 0 bridgehead atoms. The molecule has 1 aromatic rings. The Balaban J connectivity index is 2.11. The number of rotatable bonds is 4. The monoisotopic (exact) mass is 292 g/mol. The van der Waals surface area contributed by atoms with Crippen LogP contribution < -0.4 is 4.90 Å². The van der Waals surface area contributed by atoms with Crippen molar-refractivity contribution in [2.45, 2.75) is 12.1 Å². The molecule has 1 atom stereocenters. The lowest BCUT2D eigenvalue weighted by molar-refractivity contribution is 0.0483. The Kier molecular flexibility index (Phi) is 5.47. The van der Waals surface area contributed by atoms with Crippen LogP contribution in [0.1, 0.15) is 5.56 Å². The molecule has 7 heteroatoms. The molecule has 3 N–H and O–H groups in total. The van der Waals surface area contributed by atoms with Crippen molar-refractivity contribution in [3.63, 3.8) is 0 Å². The third-order valence-corrected chi connectivity index (χ3v) is 3.67. The van der Waals surface area contributed by atoms with E-state index in [1.807, 2.05) is 9.80 Å². The molecule has 1 saturated heterocycles. The fraction of sp³-hybridized carbons (Fsp3) is 0.571. The van der Waals surface area contributed by atoms with E-state index in [4.69, 9.17) is 5.26 Å². The van der Waals surface area contributed by atoms with Gasteiger partial charge < -0.3 is 20.2 Å². The maximum absolute atomic E-state index is 10.1. The van der Waals surface area contributed by atoms with Gasteiger partial charge in [-0.05, 0) is 12.1 Å². The van der Waals surface area contributed by atoms with E-state index >= 15 is 0 Å². The molecule has 2 rings (SSSR count). The highest BCUT2D eigenvalue weighted by Crippen LogP contribution is 2.16. The van der Waals surface area contributed by atoms with E-state index in [9.17, 15) is 15.3 Å². The van der Waals surface area contributed by atoms with Gasteiger partial charge in [-0.2, -0.15) is 5.26 Å². The normalized spacial score (nSPS) is 20.3. The number of aliphatic hydroxyl groups excluding tert-OH is 3. The average Bonchev–Trinajstić information content (AvgIpc) is 2.70. The van der Waals surface area contributed by atoms with Gasteiger partial charge in [-0.15, -0.1) is 0 Å². The van der Waals surface area contributed by atoms with Gasteiger partial charge in [0.1, 0.15) is 5.82 Å². The second kappa shape index (κ2) is 7.33. The zero-order valence-electron chi connectivity index (χ0n) is 11.8. The van der Waals surface area contributed by atoms with Crippen LogP contribution in [0.3, 0.4) is 0 Å². The smallest absolute Gasteiger partial charge is 0.129 e. The molecule has 1 aliphatic heterocycles. The molecule has 1 aliphatic rings. The van der Waals surface area contributed by atoms with Gasteiger partial charge in [-0.1, -0.05) is 0 Å². The molecule has 0 aliphatic carbocycles. The third kappa shape index (κ3) is 3.89. The summed E-state index contributed by atoms with van der Waals surface area (Å²) in [6.45, 7) is 1.70. The standard InChI is InChI=1S/C14H20N4O3/c15-6-11-1-2-16-14(5-11)18-4-3-17(7-13(21)8-18)12(9-19)10-20/h1-2,5,12-13,19-21H,3-4,7-10H2. The van der Waals surface area contributed by atoms with Crippen LogP contribution in [-0.2, 0) is 0 Å². The van der Waals surface area contributed by atoms with Gasteiger partial charge in [-0.3, -0.25) is 4.90 Å². The lowest BCUT2D eigenvalue weighted by Crippen LogP contribution is -2.44. The summed E-state index contributed by atoms with van der Waals surface area (Å²) in [4.78, 5) is 8.03. The van der Waals surface area contributed by atoms with Crippen molar-refractivity contribution in [3.05, 3.63) is 23.9 Å². The maximum Gasteiger partial charge on any atom is 0.129 e. The summed E-state index contributed by atoms with van der Waals surface area (Å²) >= 11 is 0. The van der Waals surface area contributed by atoms with Crippen molar-refractivity contribution < 1.29 is 15.3 Å². The SMILES string of the molecule is N#Cc1ccnc(N2CCN(C(CO)CO)CC(O)C2)c1. The Labute approximate surface area is 123 Å². The van der Waals surface area contributed by atoms with Crippen molar-refractivity contribution in [1.29, 1.82) is 5.26 Å². The molecular formula is C14H20N4O3. The fourth-order valence-corrected chi connectivity index (χ4v) is 2.50. The molecule has 0 amide bonds. The molecule has 0 spiro atoms. The van der Waals surface area contributed by atoms with E-state index in [0.29, 0.717) is 37.6 Å². The molecular weight excluding hydrogens is 272 g/mol. The molecule has 1 aromatic heterocycles. The molecule has 0 saturated carbocycles. The van der Waals surface area contributed by atoms with Crippen LogP contribution >= 0.6 is 0 Å². The van der Waals surface area contributed by atoms with Crippen molar-refractivity contribution in [2.24, 2.45) is 0 Å². The number of hydrogen-bond donors (Lipinski definition) is 3. The number of anilines is 1.